The number of hydrogen-bond acceptors (Lipinski definition) is 8. The second-order valence-corrected chi connectivity index (χ2v) is 9.96. The molecule has 1 saturated heterocycles. The van der Waals surface area contributed by atoms with E-state index in [-0.39, 0.29) is 0 Å². The van der Waals surface area contributed by atoms with E-state index in [1.165, 1.54) is 64.0 Å². The van der Waals surface area contributed by atoms with Crippen LogP contribution in [0, 0.1) is 12.8 Å². The molecule has 8 heteroatoms. The number of nitrogens with one attached hydrogen (secondary N) is 1. The Morgan fingerprint density at radius 2 is 1.78 bits per heavy atom. The molecule has 1 aliphatic carbocycles. The van der Waals surface area contributed by atoms with Crippen molar-refractivity contribution in [2.24, 2.45) is 11.0 Å². The van der Waals surface area contributed by atoms with Crippen molar-refractivity contribution in [1.29, 1.82) is 0 Å². The van der Waals surface area contributed by atoms with Gasteiger partial charge < -0.3 is 9.45 Å². The van der Waals surface area contributed by atoms with Gasteiger partial charge in [-0.2, -0.15) is 5.10 Å². The Kier molecular flexibility index (Phi) is 11.9. The zero-order valence-corrected chi connectivity index (χ0v) is 22.9. The fourth-order valence-electron chi connectivity index (χ4n) is 5.01. The molecule has 2 heterocycles. The van der Waals surface area contributed by atoms with Crippen molar-refractivity contribution in [2.75, 3.05) is 39.0 Å². The Morgan fingerprint density at radius 3 is 2.36 bits per heavy atom. The van der Waals surface area contributed by atoms with Crippen molar-refractivity contribution in [3.63, 3.8) is 0 Å². The molecule has 2 aliphatic rings. The van der Waals surface area contributed by atoms with E-state index in [1.54, 1.807) is 18.8 Å². The highest BCUT2D eigenvalue weighted by molar-refractivity contribution is 7.93. The summed E-state index contributed by atoms with van der Waals surface area (Å²) in [5.41, 5.74) is 8.64. The normalized spacial score (nSPS) is 21.4. The van der Waals surface area contributed by atoms with Gasteiger partial charge in [0.15, 0.2) is 0 Å². The average Bonchev–Trinajstić information content (AvgIpc) is 2.92. The first kappa shape index (κ1) is 28.3. The van der Waals surface area contributed by atoms with Crippen LogP contribution >= 0.6 is 12.0 Å². The minimum atomic E-state index is 0.486. The minimum Gasteiger partial charge on any atom is -0.330 e. The van der Waals surface area contributed by atoms with Crippen LogP contribution in [0.3, 0.4) is 0 Å². The molecule has 0 atom stereocenters. The highest BCUT2D eigenvalue weighted by Gasteiger charge is 2.29. The fourth-order valence-corrected chi connectivity index (χ4v) is 5.01. The third-order valence-corrected chi connectivity index (χ3v) is 7.27. The number of aryl methyl sites for hydroxylation is 1. The molecule has 1 aliphatic heterocycles. The van der Waals surface area contributed by atoms with Crippen LogP contribution in [-0.2, 0) is 6.42 Å². The molecule has 0 radical (unpaired) electrons. The average molecular weight is 511 g/mol. The number of hydrogen-bond donors (Lipinski definition) is 2. The van der Waals surface area contributed by atoms with Gasteiger partial charge in [-0.3, -0.25) is 10.3 Å². The SMILES string of the molecule is C=C(N/N=C(\Cc1ccncn1)c1ccc(C)cc1)C1CCC(N2CCN(CC)CC2)CC1.CSO. The van der Waals surface area contributed by atoms with Gasteiger partial charge in [0.05, 0.1) is 5.71 Å². The maximum Gasteiger partial charge on any atom is 0.115 e. The third kappa shape index (κ3) is 8.69. The van der Waals surface area contributed by atoms with Gasteiger partial charge in [0, 0.05) is 68.4 Å². The summed E-state index contributed by atoms with van der Waals surface area (Å²) in [6.45, 7) is 14.8. The molecule has 1 saturated carbocycles. The molecule has 1 aromatic carbocycles. The molecule has 2 N–H and O–H groups in total. The standard InChI is InChI=1S/C27H38N6.CH4OS/c1-4-32-15-17-33(18-16-32)26-11-9-23(10-12-26)22(3)30-31-27(19-25-13-14-28-20-29-25)24-7-5-21(2)6-8-24;1-3-2/h5-8,13-14,20,23,26,30H,3-4,9-12,15-19H2,1-2H3;2H,1H3/b31-27+;. The van der Waals surface area contributed by atoms with Gasteiger partial charge in [0.25, 0.3) is 0 Å². The van der Waals surface area contributed by atoms with Gasteiger partial charge in [-0.25, -0.2) is 9.97 Å². The molecule has 1 aromatic heterocycles. The number of likely N-dealkylation sites (N-methyl/N-ethyl adjacent to an activating group) is 1. The van der Waals surface area contributed by atoms with E-state index in [0.717, 1.165) is 40.8 Å². The topological polar surface area (TPSA) is 76.9 Å². The first-order valence-electron chi connectivity index (χ1n) is 13.0. The zero-order valence-electron chi connectivity index (χ0n) is 22.1. The summed E-state index contributed by atoms with van der Waals surface area (Å²) >= 11 is 0.750. The van der Waals surface area contributed by atoms with Crippen LogP contribution in [0.15, 0.2) is 60.2 Å². The smallest absolute Gasteiger partial charge is 0.115 e. The monoisotopic (exact) mass is 510 g/mol. The molecule has 4 rings (SSSR count). The molecular formula is C28H42N6OS. The van der Waals surface area contributed by atoms with E-state index in [0.29, 0.717) is 12.3 Å². The Labute approximate surface area is 221 Å². The highest BCUT2D eigenvalue weighted by Crippen LogP contribution is 2.31. The van der Waals surface area contributed by atoms with E-state index < -0.39 is 0 Å². The van der Waals surface area contributed by atoms with Crippen molar-refractivity contribution < 1.29 is 4.55 Å². The minimum absolute atomic E-state index is 0.486. The highest BCUT2D eigenvalue weighted by atomic mass is 32.2. The number of nitrogens with zero attached hydrogens (tertiary/aromatic N) is 5. The van der Waals surface area contributed by atoms with Crippen molar-refractivity contribution >= 4 is 17.8 Å². The molecular weight excluding hydrogens is 468 g/mol. The summed E-state index contributed by atoms with van der Waals surface area (Å²) in [6, 6.07) is 11.2. The van der Waals surface area contributed by atoms with Crippen molar-refractivity contribution in [3.8, 4) is 0 Å². The molecule has 2 fully saturated rings. The number of rotatable bonds is 8. The van der Waals surface area contributed by atoms with Gasteiger partial charge >= 0.3 is 0 Å². The van der Waals surface area contributed by atoms with Crippen LogP contribution in [0.25, 0.3) is 0 Å². The predicted molar refractivity (Wildman–Crippen MR) is 151 cm³/mol. The van der Waals surface area contributed by atoms with E-state index in [9.17, 15) is 0 Å². The summed E-state index contributed by atoms with van der Waals surface area (Å²) < 4.78 is 7.49. The first-order chi connectivity index (χ1) is 17.5. The van der Waals surface area contributed by atoms with Gasteiger partial charge in [-0.1, -0.05) is 43.3 Å². The zero-order chi connectivity index (χ0) is 25.8. The van der Waals surface area contributed by atoms with Crippen LogP contribution in [0.5, 0.6) is 0 Å². The van der Waals surface area contributed by atoms with E-state index in [2.05, 4.69) is 69.9 Å². The first-order valence-corrected chi connectivity index (χ1v) is 14.2. The lowest BCUT2D eigenvalue weighted by Crippen LogP contribution is -2.51. The van der Waals surface area contributed by atoms with Crippen LogP contribution in [-0.4, -0.2) is 75.1 Å². The number of hydrazone groups is 1. The molecule has 0 bridgehead atoms. The second kappa shape index (κ2) is 15.1. The molecule has 0 unspecified atom stereocenters. The quantitative estimate of drug-likeness (QED) is 0.299. The number of piperazine rings is 1. The number of benzene rings is 1. The molecule has 0 spiro atoms. The Hall–Kier alpha value is -2.26. The Bertz CT molecular complexity index is 936. The van der Waals surface area contributed by atoms with Gasteiger partial charge in [0.2, 0.25) is 0 Å². The van der Waals surface area contributed by atoms with Crippen LogP contribution in [0.4, 0.5) is 0 Å². The maximum atomic E-state index is 7.49. The largest absolute Gasteiger partial charge is 0.330 e. The number of aromatic nitrogens is 2. The lowest BCUT2D eigenvalue weighted by Gasteiger charge is -2.42. The van der Waals surface area contributed by atoms with Crippen molar-refractivity contribution in [3.05, 3.63) is 72.0 Å². The Balaban J connectivity index is 0.00000115. The molecule has 36 heavy (non-hydrogen) atoms. The summed E-state index contributed by atoms with van der Waals surface area (Å²) in [6.07, 6.45) is 10.5. The maximum absolute atomic E-state index is 7.49. The summed E-state index contributed by atoms with van der Waals surface area (Å²) in [4.78, 5) is 13.7. The third-order valence-electron chi connectivity index (χ3n) is 7.27. The Morgan fingerprint density at radius 1 is 1.11 bits per heavy atom. The van der Waals surface area contributed by atoms with Crippen molar-refractivity contribution in [1.82, 2.24) is 25.2 Å². The lowest BCUT2D eigenvalue weighted by molar-refractivity contribution is 0.0754. The fraction of sp³-hybridized carbons (Fsp3) is 0.536. The van der Waals surface area contributed by atoms with E-state index >= 15 is 0 Å². The van der Waals surface area contributed by atoms with Crippen LogP contribution < -0.4 is 5.43 Å². The van der Waals surface area contributed by atoms with Gasteiger partial charge in [-0.15, -0.1) is 0 Å². The van der Waals surface area contributed by atoms with E-state index in [4.69, 9.17) is 9.65 Å². The van der Waals surface area contributed by atoms with E-state index in [1.807, 2.05) is 6.07 Å². The van der Waals surface area contributed by atoms with Crippen LogP contribution in [0.1, 0.15) is 49.4 Å². The van der Waals surface area contributed by atoms with Gasteiger partial charge in [0.1, 0.15) is 6.33 Å². The summed E-state index contributed by atoms with van der Waals surface area (Å²) in [7, 11) is 0. The lowest BCUT2D eigenvalue weighted by atomic mass is 9.83. The van der Waals surface area contributed by atoms with Crippen LogP contribution in [0.2, 0.25) is 0 Å². The molecule has 2 aromatic rings. The predicted octanol–water partition coefficient (Wildman–Crippen LogP) is 4.85. The molecule has 196 valence electrons. The summed E-state index contributed by atoms with van der Waals surface area (Å²) in [5.74, 6) is 0.486. The second-order valence-electron chi connectivity index (χ2n) is 9.60. The van der Waals surface area contributed by atoms with Gasteiger partial charge in [-0.05, 0) is 62.8 Å². The molecule has 7 nitrogen and oxygen atoms in total. The number of allylic oxidation sites excluding steroid dienone is 1. The van der Waals surface area contributed by atoms with Crippen molar-refractivity contribution in [2.45, 2.75) is 52.0 Å². The molecule has 0 amide bonds. The summed E-state index contributed by atoms with van der Waals surface area (Å²) in [5, 5.41) is 4.81.